The molecule has 6 aromatic rings. The second kappa shape index (κ2) is 20.7. The summed E-state index contributed by atoms with van der Waals surface area (Å²) in [7, 11) is 6.19. The first kappa shape index (κ1) is 53.5. The van der Waals surface area contributed by atoms with Gasteiger partial charge in [-0.25, -0.2) is 9.59 Å². The maximum Gasteiger partial charge on any atom is 0.416 e. The minimum absolute atomic E-state index is 0.0222. The number of Topliss-reactive ketones (excluding diaryl/α,β-unsaturated/α-hetero) is 2. The van der Waals surface area contributed by atoms with Gasteiger partial charge in [-0.2, -0.15) is 36.9 Å². The molecule has 4 amide bonds. The smallest absolute Gasteiger partial charge is 0.319 e. The van der Waals surface area contributed by atoms with E-state index in [0.717, 1.165) is 24.3 Å². The van der Waals surface area contributed by atoms with Gasteiger partial charge in [-0.05, 0) is 132 Å². The molecule has 1 unspecified atom stereocenters. The van der Waals surface area contributed by atoms with Crippen LogP contribution in [-0.4, -0.2) is 56.7 Å². The van der Waals surface area contributed by atoms with Gasteiger partial charge < -0.3 is 18.9 Å². The summed E-state index contributed by atoms with van der Waals surface area (Å²) in [5.41, 5.74) is 2.79. The predicted octanol–water partition coefficient (Wildman–Crippen LogP) is 11.1. The van der Waals surface area contributed by atoms with Crippen LogP contribution in [-0.2, 0) is 36.0 Å². The average molecular weight is 1070 g/mol. The van der Waals surface area contributed by atoms with E-state index in [1.54, 1.807) is 75.0 Å². The van der Waals surface area contributed by atoms with Crippen molar-refractivity contribution in [1.82, 2.24) is 18.9 Å². The van der Waals surface area contributed by atoms with Crippen molar-refractivity contribution in [2.24, 2.45) is 14.1 Å². The first-order valence-electron chi connectivity index (χ1n) is 24.5. The maximum absolute atomic E-state index is 13.8. The molecule has 2 aliphatic heterocycles. The van der Waals surface area contributed by atoms with Crippen molar-refractivity contribution in [2.45, 2.75) is 63.0 Å². The molecule has 2 aromatic heterocycles. The van der Waals surface area contributed by atoms with Crippen LogP contribution in [0.4, 0.5) is 47.3 Å². The zero-order chi connectivity index (χ0) is 56.1. The summed E-state index contributed by atoms with van der Waals surface area (Å²) in [6, 6.07) is 26.1. The standard InChI is InChI=1S/2C29H23F3N4O3/c2*1-34-12-11-18(14-25(34)38)22-13-17(16-33)9-10-21(22)27-26-23(7-4-8-24(26)37)36(28(39)35(27)2)20-6-3-5-19(15-20)29(30,31)32/h2*3,5-6,9-15,27H,4,7-8H2,1-2H3/t27-;/m1./s1. The highest BCUT2D eigenvalue weighted by Crippen LogP contribution is 2.48. The van der Waals surface area contributed by atoms with Crippen molar-refractivity contribution in [3.8, 4) is 34.4 Å². The molecular weight excluding hydrogens is 1020 g/mol. The number of alkyl halides is 6. The molecule has 2 aliphatic carbocycles. The topological polar surface area (TPSA) is 173 Å². The normalized spacial score (nSPS) is 17.8. The summed E-state index contributed by atoms with van der Waals surface area (Å²) in [6.07, 6.45) is -4.03. The maximum atomic E-state index is 13.8. The number of nitriles is 2. The zero-order valence-electron chi connectivity index (χ0n) is 42.2. The van der Waals surface area contributed by atoms with Crippen molar-refractivity contribution >= 4 is 35.0 Å². The van der Waals surface area contributed by atoms with Crippen molar-refractivity contribution in [2.75, 3.05) is 23.9 Å². The van der Waals surface area contributed by atoms with Crippen LogP contribution in [0.1, 0.15) is 84.0 Å². The Balaban J connectivity index is 0.000000190. The van der Waals surface area contributed by atoms with Crippen LogP contribution in [0, 0.1) is 22.7 Å². The number of urea groups is 2. The van der Waals surface area contributed by atoms with Gasteiger partial charge in [-0.3, -0.25) is 29.0 Å². The number of ketones is 2. The van der Waals surface area contributed by atoms with Crippen molar-refractivity contribution in [3.63, 3.8) is 0 Å². The lowest BCUT2D eigenvalue weighted by atomic mass is 9.81. The van der Waals surface area contributed by atoms with Crippen LogP contribution in [0.25, 0.3) is 22.3 Å². The summed E-state index contributed by atoms with van der Waals surface area (Å²) in [5, 5.41) is 19.1. The number of allylic oxidation sites excluding steroid dienone is 2. The molecule has 0 N–H and O–H groups in total. The van der Waals surface area contributed by atoms with Crippen LogP contribution in [0.5, 0.6) is 0 Å². The molecule has 0 fully saturated rings. The fraction of sp³-hybridized carbons (Fsp3) is 0.241. The number of pyridine rings is 2. The lowest BCUT2D eigenvalue weighted by Gasteiger charge is -2.44. The van der Waals surface area contributed by atoms with Crippen molar-refractivity contribution in [1.29, 1.82) is 10.5 Å². The van der Waals surface area contributed by atoms with E-state index in [9.17, 15) is 65.6 Å². The molecule has 0 radical (unpaired) electrons. The molecule has 4 aliphatic rings. The quantitative estimate of drug-likeness (QED) is 0.148. The second-order valence-corrected chi connectivity index (χ2v) is 19.2. The molecular formula is C58H46F6N8O6. The van der Waals surface area contributed by atoms with Gasteiger partial charge in [0.2, 0.25) is 0 Å². The summed E-state index contributed by atoms with van der Waals surface area (Å²) in [6.45, 7) is 0. The fourth-order valence-corrected chi connectivity index (χ4v) is 10.5. The highest BCUT2D eigenvalue weighted by molar-refractivity contribution is 6.08. The number of carbonyl (C=O) groups excluding carboxylic acids is 4. The Morgan fingerprint density at radius 1 is 0.487 bits per heavy atom. The van der Waals surface area contributed by atoms with E-state index in [2.05, 4.69) is 12.1 Å². The van der Waals surface area contributed by atoms with Gasteiger partial charge in [0.1, 0.15) is 0 Å². The van der Waals surface area contributed by atoms with Crippen LogP contribution >= 0.6 is 0 Å². The predicted molar refractivity (Wildman–Crippen MR) is 275 cm³/mol. The number of hydrogen-bond acceptors (Lipinski definition) is 8. The van der Waals surface area contributed by atoms with Crippen LogP contribution in [0.15, 0.2) is 154 Å². The van der Waals surface area contributed by atoms with Gasteiger partial charge in [0.15, 0.2) is 11.6 Å². The number of benzene rings is 4. The van der Waals surface area contributed by atoms with Crippen LogP contribution in [0.2, 0.25) is 0 Å². The summed E-state index contributed by atoms with van der Waals surface area (Å²) in [5.74, 6) is -0.422. The van der Waals surface area contributed by atoms with Crippen molar-refractivity contribution < 1.29 is 45.5 Å². The number of rotatable bonds is 6. The van der Waals surface area contributed by atoms with Gasteiger partial charge in [0.05, 0.1) is 57.9 Å². The number of likely N-dealkylation sites (N-methyl/N-ethyl adjacent to an activating group) is 2. The monoisotopic (exact) mass is 1060 g/mol. The number of anilines is 2. The molecule has 10 rings (SSSR count). The molecule has 4 aromatic carbocycles. The number of aromatic nitrogens is 2. The average Bonchev–Trinajstić information content (AvgIpc) is 3.41. The highest BCUT2D eigenvalue weighted by atomic mass is 19.4. The fourth-order valence-electron chi connectivity index (χ4n) is 10.5. The molecule has 0 saturated heterocycles. The molecule has 78 heavy (non-hydrogen) atoms. The third kappa shape index (κ3) is 9.88. The third-order valence-corrected chi connectivity index (χ3v) is 14.4. The summed E-state index contributed by atoms with van der Waals surface area (Å²) in [4.78, 5) is 84.4. The SMILES string of the molecule is CN1C(=O)N(c2cccc(C(F)(F)F)c2)C2=C(C(=O)CCC2)C1c1ccc(C#N)cc1-c1ccn(C)c(=O)c1.CN1C(=O)N(c2cccc(C(F)(F)F)c2)C2=C(C(=O)CCC2)[C@H]1c1ccc(C#N)cc1-c1ccn(C)c(=O)c1. The Hall–Kier alpha value is -9.30. The Kier molecular flexibility index (Phi) is 14.2. The van der Waals surface area contributed by atoms with Crippen LogP contribution in [0.3, 0.4) is 0 Å². The molecule has 4 heterocycles. The Morgan fingerprint density at radius 2 is 0.872 bits per heavy atom. The minimum atomic E-state index is -4.60. The molecule has 396 valence electrons. The minimum Gasteiger partial charge on any atom is -0.319 e. The van der Waals surface area contributed by atoms with E-state index in [-0.39, 0.29) is 46.9 Å². The Morgan fingerprint density at radius 3 is 1.22 bits per heavy atom. The van der Waals surface area contributed by atoms with Gasteiger partial charge in [-0.15, -0.1) is 0 Å². The van der Waals surface area contributed by atoms with E-state index >= 15 is 0 Å². The number of carbonyl (C=O) groups is 4. The number of aryl methyl sites for hydroxylation is 2. The highest BCUT2D eigenvalue weighted by Gasteiger charge is 2.46. The Bertz CT molecular complexity index is 3540. The van der Waals surface area contributed by atoms with Gasteiger partial charge in [0, 0.05) is 88.1 Å². The first-order chi connectivity index (χ1) is 37.0. The lowest BCUT2D eigenvalue weighted by molar-refractivity contribution is -0.138. The van der Waals surface area contributed by atoms with Crippen LogP contribution < -0.4 is 20.9 Å². The largest absolute Gasteiger partial charge is 0.416 e. The molecule has 0 saturated carbocycles. The van der Waals surface area contributed by atoms with E-state index in [0.29, 0.717) is 92.7 Å². The molecule has 14 nitrogen and oxygen atoms in total. The van der Waals surface area contributed by atoms with Crippen molar-refractivity contribution in [3.05, 3.63) is 198 Å². The first-order valence-corrected chi connectivity index (χ1v) is 24.5. The summed E-state index contributed by atoms with van der Waals surface area (Å²) < 4.78 is 83.7. The number of halogens is 6. The van der Waals surface area contributed by atoms with Gasteiger partial charge in [-0.1, -0.05) is 24.3 Å². The van der Waals surface area contributed by atoms with E-state index in [4.69, 9.17) is 0 Å². The number of amides is 4. The zero-order valence-corrected chi connectivity index (χ0v) is 42.2. The van der Waals surface area contributed by atoms with E-state index in [1.807, 2.05) is 0 Å². The third-order valence-electron chi connectivity index (χ3n) is 14.4. The van der Waals surface area contributed by atoms with E-state index < -0.39 is 47.6 Å². The number of hydrogen-bond donors (Lipinski definition) is 0. The molecule has 2 atom stereocenters. The number of nitrogens with zero attached hydrogens (tertiary/aromatic N) is 8. The lowest BCUT2D eigenvalue weighted by Crippen LogP contribution is -2.50. The molecule has 0 bridgehead atoms. The van der Waals surface area contributed by atoms with E-state index in [1.165, 1.54) is 79.2 Å². The molecule has 20 heteroatoms. The molecule has 0 spiro atoms. The Labute approximate surface area is 442 Å². The van der Waals surface area contributed by atoms with Gasteiger partial charge in [0.25, 0.3) is 11.1 Å². The van der Waals surface area contributed by atoms with Gasteiger partial charge >= 0.3 is 24.4 Å². The summed E-state index contributed by atoms with van der Waals surface area (Å²) >= 11 is 0. The second-order valence-electron chi connectivity index (χ2n) is 19.2.